The van der Waals surface area contributed by atoms with Crippen LogP contribution in [-0.2, 0) is 14.9 Å². The molecule has 0 atom stereocenters. The van der Waals surface area contributed by atoms with Crippen molar-refractivity contribution in [3.63, 3.8) is 0 Å². The standard InChI is InChI=1S/C9H17BrN2O4S/c1-16-8(13)11-17(14,15)12-9(7-10)5-3-2-4-6-9/h12H,2-7H2,1H3,(H,11,13). The number of carbonyl (C=O) groups is 1. The third-order valence-corrected chi connectivity index (χ3v) is 5.03. The SMILES string of the molecule is COC(=O)NS(=O)(=O)NC1(CBr)CCCCC1. The zero-order valence-electron chi connectivity index (χ0n) is 9.66. The Morgan fingerprint density at radius 3 is 2.41 bits per heavy atom. The van der Waals surface area contributed by atoms with E-state index >= 15 is 0 Å². The maximum Gasteiger partial charge on any atom is 0.421 e. The van der Waals surface area contributed by atoms with Gasteiger partial charge < -0.3 is 4.74 Å². The molecule has 0 bridgehead atoms. The Bertz CT molecular complexity index is 365. The molecule has 100 valence electrons. The van der Waals surface area contributed by atoms with E-state index in [1.807, 2.05) is 0 Å². The van der Waals surface area contributed by atoms with Crippen molar-refractivity contribution in [2.24, 2.45) is 0 Å². The molecule has 0 spiro atoms. The molecule has 6 nitrogen and oxygen atoms in total. The van der Waals surface area contributed by atoms with Crippen LogP contribution in [0.25, 0.3) is 0 Å². The van der Waals surface area contributed by atoms with Crippen molar-refractivity contribution in [1.82, 2.24) is 9.44 Å². The van der Waals surface area contributed by atoms with Crippen LogP contribution in [0.4, 0.5) is 4.79 Å². The molecule has 2 N–H and O–H groups in total. The zero-order chi connectivity index (χ0) is 12.9. The molecule has 0 saturated heterocycles. The minimum absolute atomic E-state index is 0.502. The lowest BCUT2D eigenvalue weighted by atomic mass is 9.84. The molecular formula is C9H17BrN2O4S. The zero-order valence-corrected chi connectivity index (χ0v) is 12.1. The molecular weight excluding hydrogens is 312 g/mol. The summed E-state index contributed by atoms with van der Waals surface area (Å²) < 4.78 is 32.0. The Morgan fingerprint density at radius 1 is 1.35 bits per heavy atom. The second-order valence-electron chi connectivity index (χ2n) is 4.17. The molecule has 1 saturated carbocycles. The van der Waals surface area contributed by atoms with E-state index in [9.17, 15) is 13.2 Å². The number of halogens is 1. The van der Waals surface area contributed by atoms with Gasteiger partial charge in [-0.2, -0.15) is 13.1 Å². The van der Waals surface area contributed by atoms with E-state index in [1.165, 1.54) is 0 Å². The Balaban J connectivity index is 2.69. The smallest absolute Gasteiger partial charge is 0.421 e. The summed E-state index contributed by atoms with van der Waals surface area (Å²) in [4.78, 5) is 10.9. The Morgan fingerprint density at radius 2 is 1.94 bits per heavy atom. The number of methoxy groups -OCH3 is 1. The highest BCUT2D eigenvalue weighted by molar-refractivity contribution is 9.09. The quantitative estimate of drug-likeness (QED) is 0.761. The summed E-state index contributed by atoms with van der Waals surface area (Å²) in [6.45, 7) is 0. The van der Waals surface area contributed by atoms with Gasteiger partial charge in [0.25, 0.3) is 0 Å². The lowest BCUT2D eigenvalue weighted by Gasteiger charge is -2.35. The summed E-state index contributed by atoms with van der Waals surface area (Å²) in [5, 5.41) is 0.530. The molecule has 1 aliphatic rings. The van der Waals surface area contributed by atoms with Crippen LogP contribution in [0.15, 0.2) is 0 Å². The lowest BCUT2D eigenvalue weighted by Crippen LogP contribution is -2.55. The van der Waals surface area contributed by atoms with E-state index in [4.69, 9.17) is 0 Å². The van der Waals surface area contributed by atoms with Gasteiger partial charge in [0.05, 0.1) is 7.11 Å². The molecule has 1 aliphatic carbocycles. The van der Waals surface area contributed by atoms with E-state index in [2.05, 4.69) is 25.4 Å². The number of nitrogens with one attached hydrogen (secondary N) is 2. The summed E-state index contributed by atoms with van der Waals surface area (Å²) in [5.74, 6) is 0. The van der Waals surface area contributed by atoms with Crippen molar-refractivity contribution in [3.8, 4) is 0 Å². The minimum atomic E-state index is -3.87. The van der Waals surface area contributed by atoms with Crippen LogP contribution in [0.3, 0.4) is 0 Å². The predicted molar refractivity (Wildman–Crippen MR) is 67.2 cm³/mol. The summed E-state index contributed by atoms with van der Waals surface area (Å²) in [6.07, 6.45) is 3.61. The second-order valence-corrected chi connectivity index (χ2v) is 6.15. The number of hydrogen-bond donors (Lipinski definition) is 2. The Hall–Kier alpha value is -0.340. The van der Waals surface area contributed by atoms with Crippen molar-refractivity contribution in [2.45, 2.75) is 37.6 Å². The third kappa shape index (κ3) is 4.44. The van der Waals surface area contributed by atoms with E-state index in [-0.39, 0.29) is 0 Å². The van der Waals surface area contributed by atoms with E-state index in [1.54, 1.807) is 4.72 Å². The maximum absolute atomic E-state index is 11.7. The van der Waals surface area contributed by atoms with Gasteiger partial charge in [-0.15, -0.1) is 0 Å². The van der Waals surface area contributed by atoms with E-state index < -0.39 is 21.8 Å². The highest BCUT2D eigenvalue weighted by Gasteiger charge is 2.35. The van der Waals surface area contributed by atoms with Gasteiger partial charge in [0.1, 0.15) is 0 Å². The van der Waals surface area contributed by atoms with Crippen molar-refractivity contribution >= 4 is 32.2 Å². The van der Waals surface area contributed by atoms with Crippen LogP contribution in [-0.4, -0.2) is 32.5 Å². The normalized spacial score (nSPS) is 19.6. The van der Waals surface area contributed by atoms with Gasteiger partial charge in [-0.3, -0.25) is 0 Å². The van der Waals surface area contributed by atoms with E-state index in [0.29, 0.717) is 5.33 Å². The van der Waals surface area contributed by atoms with Gasteiger partial charge in [-0.05, 0) is 12.8 Å². The summed E-state index contributed by atoms with van der Waals surface area (Å²) in [6, 6.07) is 0. The van der Waals surface area contributed by atoms with Crippen LogP contribution in [0.5, 0.6) is 0 Å². The first-order valence-corrected chi connectivity index (χ1v) is 7.99. The molecule has 0 aromatic heterocycles. The summed E-state index contributed by atoms with van der Waals surface area (Å²) >= 11 is 3.33. The average Bonchev–Trinajstić information content (AvgIpc) is 2.28. The fraction of sp³-hybridized carbons (Fsp3) is 0.889. The summed E-state index contributed by atoms with van der Waals surface area (Å²) in [5.41, 5.74) is -0.502. The average molecular weight is 329 g/mol. The minimum Gasteiger partial charge on any atom is -0.452 e. The maximum atomic E-state index is 11.7. The lowest BCUT2D eigenvalue weighted by molar-refractivity contribution is 0.177. The van der Waals surface area contributed by atoms with Crippen LogP contribution in [0, 0.1) is 0 Å². The first kappa shape index (κ1) is 14.7. The first-order valence-electron chi connectivity index (χ1n) is 5.39. The third-order valence-electron chi connectivity index (χ3n) is 2.82. The molecule has 1 amide bonds. The monoisotopic (exact) mass is 328 g/mol. The van der Waals surface area contributed by atoms with E-state index in [0.717, 1.165) is 39.2 Å². The van der Waals surface area contributed by atoms with Crippen LogP contribution in [0.1, 0.15) is 32.1 Å². The van der Waals surface area contributed by atoms with Gasteiger partial charge >= 0.3 is 16.3 Å². The number of amides is 1. The number of ether oxygens (including phenoxy) is 1. The van der Waals surface area contributed by atoms with Crippen molar-refractivity contribution in [1.29, 1.82) is 0 Å². The topological polar surface area (TPSA) is 84.5 Å². The van der Waals surface area contributed by atoms with Gasteiger partial charge in [0.2, 0.25) is 0 Å². The molecule has 0 unspecified atom stereocenters. The van der Waals surface area contributed by atoms with Crippen molar-refractivity contribution < 1.29 is 17.9 Å². The fourth-order valence-corrected chi connectivity index (χ4v) is 4.04. The number of alkyl halides is 1. The molecule has 17 heavy (non-hydrogen) atoms. The molecule has 1 rings (SSSR count). The van der Waals surface area contributed by atoms with Gasteiger partial charge in [-0.25, -0.2) is 9.52 Å². The Kier molecular flexibility index (Phi) is 5.21. The van der Waals surface area contributed by atoms with Gasteiger partial charge in [0, 0.05) is 10.9 Å². The fourth-order valence-electron chi connectivity index (χ4n) is 1.95. The number of rotatable bonds is 4. The molecule has 0 radical (unpaired) electrons. The Labute approximate surface area is 110 Å². The molecule has 0 aromatic rings. The molecule has 0 aliphatic heterocycles. The first-order chi connectivity index (χ1) is 7.93. The second kappa shape index (κ2) is 6.01. The summed E-state index contributed by atoms with van der Waals surface area (Å²) in [7, 11) is -2.75. The predicted octanol–water partition coefficient (Wildman–Crippen LogP) is 1.27. The van der Waals surface area contributed by atoms with Gasteiger partial charge in [0.15, 0.2) is 0 Å². The number of hydrogen-bond acceptors (Lipinski definition) is 4. The van der Waals surface area contributed by atoms with Crippen molar-refractivity contribution in [2.75, 3.05) is 12.4 Å². The molecule has 8 heteroatoms. The molecule has 1 fully saturated rings. The van der Waals surface area contributed by atoms with Crippen LogP contribution >= 0.6 is 15.9 Å². The van der Waals surface area contributed by atoms with Crippen LogP contribution < -0.4 is 9.44 Å². The largest absolute Gasteiger partial charge is 0.452 e. The highest BCUT2D eigenvalue weighted by atomic mass is 79.9. The van der Waals surface area contributed by atoms with Crippen LogP contribution in [0.2, 0.25) is 0 Å². The number of carbonyl (C=O) groups excluding carboxylic acids is 1. The van der Waals surface area contributed by atoms with Gasteiger partial charge in [-0.1, -0.05) is 35.2 Å². The molecule has 0 aromatic carbocycles. The highest BCUT2D eigenvalue weighted by Crippen LogP contribution is 2.30. The molecule has 0 heterocycles. The van der Waals surface area contributed by atoms with Crippen molar-refractivity contribution in [3.05, 3.63) is 0 Å².